The number of aromatic nitrogens is 2. The summed E-state index contributed by atoms with van der Waals surface area (Å²) in [5.74, 6) is 3.80. The number of nitrogens with one attached hydrogen (secondary N) is 1. The third kappa shape index (κ3) is 1.93. The second kappa shape index (κ2) is 4.69. The summed E-state index contributed by atoms with van der Waals surface area (Å²) in [6.45, 7) is 3.87. The van der Waals surface area contributed by atoms with Crippen LogP contribution in [0.3, 0.4) is 0 Å². The maximum absolute atomic E-state index is 12.2. The van der Waals surface area contributed by atoms with Gasteiger partial charge in [0.1, 0.15) is 17.0 Å². The highest BCUT2D eigenvalue weighted by Gasteiger charge is 2.21. The number of nitrogen functional groups attached to an aromatic ring is 1. The van der Waals surface area contributed by atoms with Crippen LogP contribution in [0.1, 0.15) is 23.0 Å². The maximum atomic E-state index is 12.2. The van der Waals surface area contributed by atoms with Gasteiger partial charge in [0.15, 0.2) is 0 Å². The van der Waals surface area contributed by atoms with E-state index in [-0.39, 0.29) is 5.56 Å². The summed E-state index contributed by atoms with van der Waals surface area (Å²) in [5, 5.41) is 10.4. The summed E-state index contributed by atoms with van der Waals surface area (Å²) in [5.41, 5.74) is 1.93. The van der Waals surface area contributed by atoms with Crippen molar-refractivity contribution in [2.75, 3.05) is 0 Å². The first-order chi connectivity index (χ1) is 9.01. The molecule has 0 fully saturated rings. The average Bonchev–Trinajstić information content (AvgIpc) is 2.38. The topological polar surface area (TPSA) is 110 Å². The molecule has 0 aliphatic heterocycles. The van der Waals surface area contributed by atoms with Gasteiger partial charge < -0.3 is 5.11 Å². The second-order valence-electron chi connectivity index (χ2n) is 4.07. The molecular formula is C12H14N4O3. The summed E-state index contributed by atoms with van der Waals surface area (Å²) >= 11 is 0. The number of hydrogen-bond acceptors (Lipinski definition) is 5. The minimum Gasteiger partial charge on any atom is -0.506 e. The molecule has 2 aromatic rings. The zero-order chi connectivity index (χ0) is 14.2. The van der Waals surface area contributed by atoms with E-state index in [9.17, 15) is 14.7 Å². The highest BCUT2D eigenvalue weighted by Crippen LogP contribution is 2.25. The Balaban J connectivity index is 2.98. The molecule has 0 saturated carbocycles. The molecule has 2 heterocycles. The van der Waals surface area contributed by atoms with Gasteiger partial charge >= 0.3 is 0 Å². The van der Waals surface area contributed by atoms with E-state index in [0.717, 1.165) is 0 Å². The van der Waals surface area contributed by atoms with E-state index in [1.165, 1.54) is 4.57 Å². The minimum atomic E-state index is -0.827. The number of pyridine rings is 2. The first-order valence-electron chi connectivity index (χ1n) is 5.75. The number of hydrazine groups is 1. The number of nitrogens with zero attached hydrogens (tertiary/aromatic N) is 2. The molecule has 0 bridgehead atoms. The number of carbonyl (C=O) groups excluding carboxylic acids is 1. The van der Waals surface area contributed by atoms with Crippen molar-refractivity contribution in [3.05, 3.63) is 33.7 Å². The van der Waals surface area contributed by atoms with Gasteiger partial charge in [-0.15, -0.1) is 0 Å². The van der Waals surface area contributed by atoms with Gasteiger partial charge in [-0.3, -0.25) is 19.6 Å². The van der Waals surface area contributed by atoms with E-state index in [0.29, 0.717) is 23.3 Å². The first kappa shape index (κ1) is 13.0. The van der Waals surface area contributed by atoms with Crippen LogP contribution in [0.4, 0.5) is 0 Å². The van der Waals surface area contributed by atoms with Crippen molar-refractivity contribution >= 4 is 16.9 Å². The summed E-state index contributed by atoms with van der Waals surface area (Å²) in [6.07, 6.45) is 0. The van der Waals surface area contributed by atoms with Crippen molar-refractivity contribution in [1.29, 1.82) is 0 Å². The van der Waals surface area contributed by atoms with Crippen molar-refractivity contribution in [2.45, 2.75) is 20.4 Å². The Morgan fingerprint density at radius 2 is 2.21 bits per heavy atom. The van der Waals surface area contributed by atoms with Gasteiger partial charge in [-0.05, 0) is 26.0 Å². The third-order valence-electron chi connectivity index (χ3n) is 2.90. The van der Waals surface area contributed by atoms with Crippen molar-refractivity contribution in [1.82, 2.24) is 15.0 Å². The smallest absolute Gasteiger partial charge is 0.274 e. The Bertz CT molecular complexity index is 721. The first-order valence-corrected chi connectivity index (χ1v) is 5.75. The summed E-state index contributed by atoms with van der Waals surface area (Å²) < 4.78 is 1.33. The standard InChI is InChI=1S/C12H14N4O3/c1-3-16-10-7(5-4-6(2)14-10)9(17)8(12(16)19)11(18)15-13/h4-5,17H,3,13H2,1-2H3,(H,15,18). The van der Waals surface area contributed by atoms with Gasteiger partial charge in [0.25, 0.3) is 11.5 Å². The van der Waals surface area contributed by atoms with Gasteiger partial charge in [-0.2, -0.15) is 0 Å². The van der Waals surface area contributed by atoms with E-state index < -0.39 is 17.2 Å². The van der Waals surface area contributed by atoms with Gasteiger partial charge in [0.05, 0.1) is 5.39 Å². The Hall–Kier alpha value is -2.41. The highest BCUT2D eigenvalue weighted by atomic mass is 16.3. The molecule has 4 N–H and O–H groups in total. The fourth-order valence-corrected chi connectivity index (χ4v) is 1.97. The van der Waals surface area contributed by atoms with Crippen LogP contribution < -0.4 is 16.8 Å². The largest absolute Gasteiger partial charge is 0.506 e. The molecule has 0 saturated heterocycles. The lowest BCUT2D eigenvalue weighted by atomic mass is 10.1. The maximum Gasteiger partial charge on any atom is 0.274 e. The highest BCUT2D eigenvalue weighted by molar-refractivity contribution is 6.01. The van der Waals surface area contributed by atoms with E-state index in [2.05, 4.69) is 4.98 Å². The Kier molecular flexibility index (Phi) is 3.22. The van der Waals surface area contributed by atoms with Gasteiger partial charge in [-0.1, -0.05) is 0 Å². The zero-order valence-electron chi connectivity index (χ0n) is 10.6. The quantitative estimate of drug-likeness (QED) is 0.402. The van der Waals surface area contributed by atoms with Crippen molar-refractivity contribution < 1.29 is 9.90 Å². The lowest BCUT2D eigenvalue weighted by Crippen LogP contribution is -2.36. The number of amides is 1. The normalized spacial score (nSPS) is 10.7. The number of carbonyl (C=O) groups is 1. The van der Waals surface area contributed by atoms with Crippen LogP contribution in [0.2, 0.25) is 0 Å². The van der Waals surface area contributed by atoms with Gasteiger partial charge in [0.2, 0.25) is 0 Å². The summed E-state index contributed by atoms with van der Waals surface area (Å²) in [7, 11) is 0. The molecule has 0 spiro atoms. The second-order valence-corrected chi connectivity index (χ2v) is 4.07. The number of nitrogens with two attached hydrogens (primary N) is 1. The molecule has 0 unspecified atom stereocenters. The van der Waals surface area contributed by atoms with Crippen LogP contribution >= 0.6 is 0 Å². The monoisotopic (exact) mass is 262 g/mol. The van der Waals surface area contributed by atoms with Crippen molar-refractivity contribution in [3.8, 4) is 5.75 Å². The molecule has 0 aliphatic rings. The average molecular weight is 262 g/mol. The summed E-state index contributed by atoms with van der Waals surface area (Å²) in [4.78, 5) is 28.0. The predicted molar refractivity (Wildman–Crippen MR) is 69.7 cm³/mol. The van der Waals surface area contributed by atoms with E-state index in [4.69, 9.17) is 5.84 Å². The number of aromatic hydroxyl groups is 1. The van der Waals surface area contributed by atoms with Crippen molar-refractivity contribution in [2.24, 2.45) is 5.84 Å². The minimum absolute atomic E-state index is 0.330. The summed E-state index contributed by atoms with van der Waals surface area (Å²) in [6, 6.07) is 3.31. The lowest BCUT2D eigenvalue weighted by molar-refractivity contribution is 0.0949. The molecule has 0 aliphatic carbocycles. The number of fused-ring (bicyclic) bond motifs is 1. The van der Waals surface area contributed by atoms with Crippen LogP contribution in [-0.2, 0) is 6.54 Å². The van der Waals surface area contributed by atoms with Crippen LogP contribution in [0.15, 0.2) is 16.9 Å². The molecule has 7 nitrogen and oxygen atoms in total. The van der Waals surface area contributed by atoms with Crippen LogP contribution in [-0.4, -0.2) is 20.6 Å². The van der Waals surface area contributed by atoms with Crippen LogP contribution in [0, 0.1) is 6.92 Å². The van der Waals surface area contributed by atoms with Crippen molar-refractivity contribution in [3.63, 3.8) is 0 Å². The number of hydrogen-bond donors (Lipinski definition) is 3. The number of rotatable bonds is 2. The number of aryl methyl sites for hydroxylation is 2. The van der Waals surface area contributed by atoms with E-state index in [1.54, 1.807) is 26.0 Å². The molecule has 1 amide bonds. The molecule has 100 valence electrons. The molecule has 0 radical (unpaired) electrons. The fourth-order valence-electron chi connectivity index (χ4n) is 1.97. The van der Waals surface area contributed by atoms with E-state index >= 15 is 0 Å². The molecule has 2 aromatic heterocycles. The van der Waals surface area contributed by atoms with Gasteiger partial charge in [0, 0.05) is 12.2 Å². The Morgan fingerprint density at radius 3 is 2.79 bits per heavy atom. The molecule has 2 rings (SSSR count). The molecule has 7 heteroatoms. The molecule has 0 atom stereocenters. The Labute approximate surface area is 108 Å². The predicted octanol–water partition coefficient (Wildman–Crippen LogP) is 0.0339. The molecular weight excluding hydrogens is 248 g/mol. The molecule has 19 heavy (non-hydrogen) atoms. The van der Waals surface area contributed by atoms with E-state index in [1.807, 2.05) is 5.43 Å². The van der Waals surface area contributed by atoms with Crippen LogP contribution in [0.5, 0.6) is 5.75 Å². The zero-order valence-corrected chi connectivity index (χ0v) is 10.6. The Morgan fingerprint density at radius 1 is 1.53 bits per heavy atom. The lowest BCUT2D eigenvalue weighted by Gasteiger charge is -2.12. The molecule has 0 aromatic carbocycles. The fraction of sp³-hybridized carbons (Fsp3) is 0.250. The van der Waals surface area contributed by atoms with Gasteiger partial charge in [-0.25, -0.2) is 10.8 Å². The third-order valence-corrected chi connectivity index (χ3v) is 2.90. The SMILES string of the molecule is CCn1c(=O)c(C(=O)NN)c(O)c2ccc(C)nc21. The van der Waals surface area contributed by atoms with Crippen LogP contribution in [0.25, 0.3) is 11.0 Å².